The average molecular weight is 274 g/mol. The van der Waals surface area contributed by atoms with E-state index < -0.39 is 0 Å². The van der Waals surface area contributed by atoms with Crippen molar-refractivity contribution in [1.29, 1.82) is 0 Å². The minimum atomic E-state index is 0.162. The Kier molecular flexibility index (Phi) is 2.00. The van der Waals surface area contributed by atoms with Crippen LogP contribution >= 0.6 is 22.6 Å². The van der Waals surface area contributed by atoms with E-state index in [1.165, 1.54) is 14.7 Å². The molecule has 2 rings (SSSR count). The monoisotopic (exact) mass is 274 g/mol. The normalized spacial score (nSPS) is 21.0. The quantitative estimate of drug-likeness (QED) is 0.560. The average Bonchev–Trinajstić information content (AvgIpc) is 2.42. The van der Waals surface area contributed by atoms with E-state index in [1.54, 1.807) is 0 Å². The van der Waals surface area contributed by atoms with Gasteiger partial charge in [-0.2, -0.15) is 0 Å². The fraction of sp³-hybridized carbons (Fsp3) is 0.333. The highest BCUT2D eigenvalue weighted by Gasteiger charge is 2.22. The summed E-state index contributed by atoms with van der Waals surface area (Å²) in [6.45, 7) is 0. The van der Waals surface area contributed by atoms with Crippen LogP contribution in [0.5, 0.6) is 0 Å². The Hall–Kier alpha value is -0.290. The molecule has 64 valence electrons. The van der Waals surface area contributed by atoms with Crippen molar-refractivity contribution in [2.24, 2.45) is 5.73 Å². The Morgan fingerprint density at radius 3 is 2.83 bits per heavy atom. The molecule has 1 aliphatic rings. The van der Waals surface area contributed by atoms with Crippen LogP contribution in [0.1, 0.15) is 23.6 Å². The van der Waals surface area contributed by atoms with Gasteiger partial charge in [0, 0.05) is 15.3 Å². The summed E-state index contributed by atoms with van der Waals surface area (Å²) in [5.41, 5.74) is 15.2. The molecule has 1 atom stereocenters. The van der Waals surface area contributed by atoms with Gasteiger partial charge in [-0.1, -0.05) is 0 Å². The number of rotatable bonds is 0. The van der Waals surface area contributed by atoms with E-state index in [0.29, 0.717) is 0 Å². The Labute approximate surface area is 85.5 Å². The molecule has 0 radical (unpaired) electrons. The van der Waals surface area contributed by atoms with Crippen LogP contribution in [-0.2, 0) is 6.42 Å². The standard InChI is InChI=1S/C9H11IN2/c10-6-2-4-8(12)9-5(6)1-3-7(9)11/h2,4,7H,1,3,11-12H2/t7-/m0/s1. The first-order chi connectivity index (χ1) is 5.70. The fourth-order valence-corrected chi connectivity index (χ4v) is 2.53. The molecule has 0 aromatic heterocycles. The highest BCUT2D eigenvalue weighted by molar-refractivity contribution is 14.1. The first-order valence-electron chi connectivity index (χ1n) is 4.02. The van der Waals surface area contributed by atoms with Gasteiger partial charge in [0.25, 0.3) is 0 Å². The Balaban J connectivity index is 2.64. The van der Waals surface area contributed by atoms with Crippen molar-refractivity contribution in [2.75, 3.05) is 5.73 Å². The predicted molar refractivity (Wildman–Crippen MR) is 58.8 cm³/mol. The Morgan fingerprint density at radius 2 is 2.17 bits per heavy atom. The van der Waals surface area contributed by atoms with Gasteiger partial charge in [0.1, 0.15) is 0 Å². The summed E-state index contributed by atoms with van der Waals surface area (Å²) < 4.78 is 1.30. The van der Waals surface area contributed by atoms with Crippen LogP contribution in [0.4, 0.5) is 5.69 Å². The van der Waals surface area contributed by atoms with Crippen molar-refractivity contribution in [3.05, 3.63) is 26.8 Å². The van der Waals surface area contributed by atoms with Gasteiger partial charge in [-0.05, 0) is 58.7 Å². The van der Waals surface area contributed by atoms with Crippen LogP contribution in [0.2, 0.25) is 0 Å². The maximum atomic E-state index is 5.93. The highest BCUT2D eigenvalue weighted by Crippen LogP contribution is 2.36. The minimum Gasteiger partial charge on any atom is -0.398 e. The molecule has 0 unspecified atom stereocenters. The molecule has 12 heavy (non-hydrogen) atoms. The second-order valence-electron chi connectivity index (χ2n) is 3.17. The summed E-state index contributed by atoms with van der Waals surface area (Å²) in [6, 6.07) is 4.17. The largest absolute Gasteiger partial charge is 0.398 e. The number of benzene rings is 1. The van der Waals surface area contributed by atoms with Crippen molar-refractivity contribution in [3.63, 3.8) is 0 Å². The molecule has 2 nitrogen and oxygen atoms in total. The van der Waals surface area contributed by atoms with E-state index in [0.717, 1.165) is 18.5 Å². The Bertz CT molecular complexity index is 323. The molecule has 0 fully saturated rings. The lowest BCUT2D eigenvalue weighted by molar-refractivity contribution is 0.714. The molecule has 0 heterocycles. The predicted octanol–water partition coefficient (Wildman–Crippen LogP) is 1.82. The zero-order valence-electron chi connectivity index (χ0n) is 6.68. The Morgan fingerprint density at radius 1 is 1.42 bits per heavy atom. The van der Waals surface area contributed by atoms with Crippen LogP contribution in [0.3, 0.4) is 0 Å². The highest BCUT2D eigenvalue weighted by atomic mass is 127. The summed E-state index contributed by atoms with van der Waals surface area (Å²) in [7, 11) is 0. The lowest BCUT2D eigenvalue weighted by Gasteiger charge is -2.09. The van der Waals surface area contributed by atoms with Crippen LogP contribution in [0.25, 0.3) is 0 Å². The van der Waals surface area contributed by atoms with Crippen molar-refractivity contribution in [1.82, 2.24) is 0 Å². The first-order valence-corrected chi connectivity index (χ1v) is 5.10. The number of nitrogens with two attached hydrogens (primary N) is 2. The van der Waals surface area contributed by atoms with Gasteiger partial charge in [-0.25, -0.2) is 0 Å². The van der Waals surface area contributed by atoms with Gasteiger partial charge in [-0.3, -0.25) is 0 Å². The van der Waals surface area contributed by atoms with E-state index in [-0.39, 0.29) is 6.04 Å². The van der Waals surface area contributed by atoms with E-state index in [4.69, 9.17) is 11.5 Å². The van der Waals surface area contributed by atoms with E-state index >= 15 is 0 Å². The van der Waals surface area contributed by atoms with Gasteiger partial charge in [0.15, 0.2) is 0 Å². The summed E-state index contributed by atoms with van der Waals surface area (Å²) in [5.74, 6) is 0. The van der Waals surface area contributed by atoms with E-state index in [1.807, 2.05) is 6.07 Å². The minimum absolute atomic E-state index is 0.162. The molecule has 4 N–H and O–H groups in total. The maximum Gasteiger partial charge on any atom is 0.0365 e. The summed E-state index contributed by atoms with van der Waals surface area (Å²) in [4.78, 5) is 0. The van der Waals surface area contributed by atoms with Crippen molar-refractivity contribution in [3.8, 4) is 0 Å². The van der Waals surface area contributed by atoms with Crippen LogP contribution in [0, 0.1) is 3.57 Å². The molecule has 0 amide bonds. The molecule has 0 spiro atoms. The fourth-order valence-electron chi connectivity index (χ4n) is 1.79. The third kappa shape index (κ3) is 1.11. The van der Waals surface area contributed by atoms with Gasteiger partial charge in [-0.15, -0.1) is 0 Å². The van der Waals surface area contributed by atoms with Gasteiger partial charge in [0.2, 0.25) is 0 Å². The molecular formula is C9H11IN2. The van der Waals surface area contributed by atoms with Crippen molar-refractivity contribution < 1.29 is 0 Å². The number of nitrogen functional groups attached to an aromatic ring is 1. The molecule has 0 saturated heterocycles. The van der Waals surface area contributed by atoms with Crippen LogP contribution in [-0.4, -0.2) is 0 Å². The molecule has 0 saturated carbocycles. The smallest absolute Gasteiger partial charge is 0.0365 e. The van der Waals surface area contributed by atoms with E-state index in [9.17, 15) is 0 Å². The third-order valence-corrected chi connectivity index (χ3v) is 3.42. The topological polar surface area (TPSA) is 52.0 Å². The first kappa shape index (κ1) is 8.31. The van der Waals surface area contributed by atoms with Crippen LogP contribution in [0.15, 0.2) is 12.1 Å². The summed E-state index contributed by atoms with van der Waals surface area (Å²) >= 11 is 2.34. The summed E-state index contributed by atoms with van der Waals surface area (Å²) in [6.07, 6.45) is 2.12. The number of hydrogen-bond donors (Lipinski definition) is 2. The molecule has 1 aliphatic carbocycles. The molecule has 1 aromatic rings. The summed E-state index contributed by atoms with van der Waals surface area (Å²) in [5, 5.41) is 0. The lowest BCUT2D eigenvalue weighted by Crippen LogP contribution is -2.08. The number of halogens is 1. The number of fused-ring (bicyclic) bond motifs is 1. The number of anilines is 1. The third-order valence-electron chi connectivity index (χ3n) is 2.41. The SMILES string of the molecule is Nc1ccc(I)c2c1[C@@H](N)CC2. The van der Waals surface area contributed by atoms with E-state index in [2.05, 4.69) is 28.7 Å². The van der Waals surface area contributed by atoms with Gasteiger partial charge >= 0.3 is 0 Å². The zero-order chi connectivity index (χ0) is 8.72. The van der Waals surface area contributed by atoms with Gasteiger partial charge < -0.3 is 11.5 Å². The molecular weight excluding hydrogens is 263 g/mol. The maximum absolute atomic E-state index is 5.93. The second-order valence-corrected chi connectivity index (χ2v) is 4.34. The van der Waals surface area contributed by atoms with Crippen molar-refractivity contribution >= 4 is 28.3 Å². The van der Waals surface area contributed by atoms with Crippen molar-refractivity contribution in [2.45, 2.75) is 18.9 Å². The lowest BCUT2D eigenvalue weighted by atomic mass is 10.1. The molecule has 3 heteroatoms. The molecule has 0 aliphatic heterocycles. The number of hydrogen-bond acceptors (Lipinski definition) is 2. The second kappa shape index (κ2) is 2.88. The van der Waals surface area contributed by atoms with Gasteiger partial charge in [0.05, 0.1) is 0 Å². The van der Waals surface area contributed by atoms with Crippen LogP contribution < -0.4 is 11.5 Å². The zero-order valence-corrected chi connectivity index (χ0v) is 8.84. The molecule has 0 bridgehead atoms. The molecule has 1 aromatic carbocycles.